The van der Waals surface area contributed by atoms with Crippen LogP contribution in [-0.2, 0) is 13.1 Å². The summed E-state index contributed by atoms with van der Waals surface area (Å²) in [7, 11) is 0. The first-order valence-electron chi connectivity index (χ1n) is 9.15. The molecule has 2 aromatic carbocycles. The summed E-state index contributed by atoms with van der Waals surface area (Å²) in [5, 5.41) is 15.3. The van der Waals surface area contributed by atoms with Crippen LogP contribution in [-0.4, -0.2) is 24.7 Å². The van der Waals surface area contributed by atoms with E-state index in [1.54, 1.807) is 29.2 Å². The number of benzene rings is 2. The summed E-state index contributed by atoms with van der Waals surface area (Å²) in [5.74, 6) is -0.252. The lowest BCUT2D eigenvalue weighted by Crippen LogP contribution is -2.18. The number of thiocarbonyl (C=S) groups is 1. The molecule has 9 heteroatoms. The van der Waals surface area contributed by atoms with Crippen molar-refractivity contribution in [3.8, 4) is 0 Å². The summed E-state index contributed by atoms with van der Waals surface area (Å²) >= 11 is 8.82. The van der Waals surface area contributed by atoms with Crippen LogP contribution in [0.1, 0.15) is 11.1 Å². The highest BCUT2D eigenvalue weighted by atomic mass is 79.9. The van der Waals surface area contributed by atoms with Gasteiger partial charge in [0.25, 0.3) is 0 Å². The predicted octanol–water partition coefficient (Wildman–Crippen LogP) is 4.89. The molecule has 0 aliphatic carbocycles. The third-order valence-corrected chi connectivity index (χ3v) is 5.03. The highest BCUT2D eigenvalue weighted by Crippen LogP contribution is 2.14. The van der Waals surface area contributed by atoms with E-state index in [1.165, 1.54) is 12.1 Å². The summed E-state index contributed by atoms with van der Waals surface area (Å²) in [6.45, 7) is 1.22. The number of nitrogens with zero attached hydrogens (tertiary/aromatic N) is 4. The van der Waals surface area contributed by atoms with Crippen LogP contribution in [0.25, 0.3) is 0 Å². The van der Waals surface area contributed by atoms with Crippen molar-refractivity contribution in [3.63, 3.8) is 0 Å². The molecule has 4 aromatic rings. The first kappa shape index (κ1) is 20.2. The molecule has 0 spiro atoms. The van der Waals surface area contributed by atoms with Crippen molar-refractivity contribution in [1.82, 2.24) is 19.6 Å². The molecule has 4 rings (SSSR count). The Kier molecular flexibility index (Phi) is 6.20. The molecule has 2 N–H and O–H groups in total. The van der Waals surface area contributed by atoms with E-state index >= 15 is 0 Å². The Morgan fingerprint density at radius 3 is 1.80 bits per heavy atom. The van der Waals surface area contributed by atoms with Crippen molar-refractivity contribution >= 4 is 44.6 Å². The van der Waals surface area contributed by atoms with Crippen molar-refractivity contribution < 1.29 is 4.39 Å². The van der Waals surface area contributed by atoms with Crippen LogP contribution in [0.2, 0.25) is 0 Å². The standard InChI is InChI=1S/C21H18BrFN6S/c22-17-5-1-15(2-6-17)11-28-13-19(9-24-28)26-21(30)27-20-10-25-29(14-20)12-16-3-7-18(23)8-4-16/h1-10,13-14H,11-12H2,(H2,26,27,30). The molecular weight excluding hydrogens is 467 g/mol. The van der Waals surface area contributed by atoms with Crippen LogP contribution in [0.5, 0.6) is 0 Å². The topological polar surface area (TPSA) is 59.7 Å². The lowest BCUT2D eigenvalue weighted by molar-refractivity contribution is 0.624. The van der Waals surface area contributed by atoms with Gasteiger partial charge in [-0.1, -0.05) is 40.2 Å². The maximum atomic E-state index is 13.0. The second-order valence-electron chi connectivity index (χ2n) is 6.69. The maximum Gasteiger partial charge on any atom is 0.175 e. The van der Waals surface area contributed by atoms with E-state index in [2.05, 4.69) is 48.9 Å². The largest absolute Gasteiger partial charge is 0.330 e. The van der Waals surface area contributed by atoms with Crippen molar-refractivity contribution in [3.05, 3.63) is 94.7 Å². The summed E-state index contributed by atoms with van der Waals surface area (Å²) in [5.41, 5.74) is 3.67. The minimum atomic E-state index is -0.252. The average Bonchev–Trinajstić information content (AvgIpc) is 3.35. The third kappa shape index (κ3) is 5.52. The molecule has 6 nitrogen and oxygen atoms in total. The van der Waals surface area contributed by atoms with Crippen LogP contribution in [0, 0.1) is 5.82 Å². The zero-order valence-electron chi connectivity index (χ0n) is 15.8. The van der Waals surface area contributed by atoms with Crippen molar-refractivity contribution in [2.75, 3.05) is 10.6 Å². The molecule has 2 aromatic heterocycles. The highest BCUT2D eigenvalue weighted by molar-refractivity contribution is 9.10. The van der Waals surface area contributed by atoms with Crippen molar-refractivity contribution in [1.29, 1.82) is 0 Å². The highest BCUT2D eigenvalue weighted by Gasteiger charge is 2.05. The molecule has 0 bridgehead atoms. The average molecular weight is 485 g/mol. The van der Waals surface area contributed by atoms with Crippen LogP contribution in [0.4, 0.5) is 15.8 Å². The van der Waals surface area contributed by atoms with Gasteiger partial charge in [-0.05, 0) is 47.6 Å². The van der Waals surface area contributed by atoms with E-state index in [0.29, 0.717) is 18.2 Å². The molecule has 152 valence electrons. The Morgan fingerprint density at radius 1 is 0.833 bits per heavy atom. The van der Waals surface area contributed by atoms with E-state index in [-0.39, 0.29) is 5.82 Å². The van der Waals surface area contributed by atoms with Crippen LogP contribution >= 0.6 is 28.1 Å². The van der Waals surface area contributed by atoms with Crippen molar-refractivity contribution in [2.24, 2.45) is 0 Å². The van der Waals surface area contributed by atoms with Gasteiger partial charge in [0.05, 0.1) is 36.9 Å². The summed E-state index contributed by atoms with van der Waals surface area (Å²) < 4.78 is 17.7. The van der Waals surface area contributed by atoms with Gasteiger partial charge in [0.15, 0.2) is 5.11 Å². The summed E-state index contributed by atoms with van der Waals surface area (Å²) in [6, 6.07) is 14.5. The van der Waals surface area contributed by atoms with Crippen LogP contribution in [0.3, 0.4) is 0 Å². The minimum absolute atomic E-state index is 0.252. The van der Waals surface area contributed by atoms with E-state index < -0.39 is 0 Å². The predicted molar refractivity (Wildman–Crippen MR) is 123 cm³/mol. The van der Waals surface area contributed by atoms with Gasteiger partial charge in [-0.15, -0.1) is 0 Å². The number of hydrogen-bond acceptors (Lipinski definition) is 3. The van der Waals surface area contributed by atoms with Gasteiger partial charge >= 0.3 is 0 Å². The number of hydrogen-bond donors (Lipinski definition) is 2. The van der Waals surface area contributed by atoms with Gasteiger partial charge in [-0.25, -0.2) is 4.39 Å². The summed E-state index contributed by atoms with van der Waals surface area (Å²) in [4.78, 5) is 0. The molecule has 0 aliphatic heterocycles. The Hall–Kier alpha value is -3.04. The molecule has 2 heterocycles. The van der Waals surface area contributed by atoms with Gasteiger partial charge in [-0.2, -0.15) is 10.2 Å². The molecule has 0 atom stereocenters. The van der Waals surface area contributed by atoms with Crippen molar-refractivity contribution in [2.45, 2.75) is 13.1 Å². The molecule has 0 radical (unpaired) electrons. The Labute approximate surface area is 186 Å². The monoisotopic (exact) mass is 484 g/mol. The SMILES string of the molecule is Fc1ccc(Cn2cc(NC(=S)Nc3cnn(Cc4ccc(Br)cc4)c3)cn2)cc1. The van der Waals surface area contributed by atoms with Gasteiger partial charge in [0.2, 0.25) is 0 Å². The lowest BCUT2D eigenvalue weighted by atomic mass is 10.2. The Morgan fingerprint density at radius 2 is 1.30 bits per heavy atom. The molecule has 30 heavy (non-hydrogen) atoms. The zero-order valence-corrected chi connectivity index (χ0v) is 18.2. The second kappa shape index (κ2) is 9.19. The fraction of sp³-hybridized carbons (Fsp3) is 0.0952. The van der Waals surface area contributed by atoms with E-state index in [4.69, 9.17) is 12.2 Å². The smallest absolute Gasteiger partial charge is 0.175 e. The first-order chi connectivity index (χ1) is 14.5. The number of aromatic nitrogens is 4. The molecule has 0 unspecified atom stereocenters. The van der Waals surface area contributed by atoms with E-state index in [1.807, 2.05) is 29.2 Å². The normalized spacial score (nSPS) is 10.7. The van der Waals surface area contributed by atoms with E-state index in [9.17, 15) is 4.39 Å². The number of rotatable bonds is 6. The van der Waals surface area contributed by atoms with Crippen LogP contribution in [0.15, 0.2) is 77.8 Å². The minimum Gasteiger partial charge on any atom is -0.330 e. The zero-order chi connectivity index (χ0) is 20.9. The molecule has 0 amide bonds. The second-order valence-corrected chi connectivity index (χ2v) is 8.01. The van der Waals surface area contributed by atoms with E-state index in [0.717, 1.165) is 27.0 Å². The summed E-state index contributed by atoms with van der Waals surface area (Å²) in [6.07, 6.45) is 7.15. The molecule has 0 fully saturated rings. The molecular formula is C21H18BrFN6S. The van der Waals surface area contributed by atoms with Gasteiger partial charge < -0.3 is 10.6 Å². The molecule has 0 aliphatic rings. The maximum absolute atomic E-state index is 13.0. The number of nitrogens with one attached hydrogen (secondary N) is 2. The van der Waals surface area contributed by atoms with Crippen LogP contribution < -0.4 is 10.6 Å². The first-order valence-corrected chi connectivity index (χ1v) is 10.4. The Bertz CT molecular complexity index is 1050. The number of halogens is 2. The molecule has 0 saturated carbocycles. The molecule has 0 saturated heterocycles. The number of anilines is 2. The lowest BCUT2D eigenvalue weighted by Gasteiger charge is -2.06. The van der Waals surface area contributed by atoms with Gasteiger partial charge in [0.1, 0.15) is 5.82 Å². The van der Waals surface area contributed by atoms with Gasteiger partial charge in [0, 0.05) is 16.9 Å². The fourth-order valence-corrected chi connectivity index (χ4v) is 3.38. The Balaban J connectivity index is 1.30. The van der Waals surface area contributed by atoms with Gasteiger partial charge in [-0.3, -0.25) is 9.36 Å². The third-order valence-electron chi connectivity index (χ3n) is 4.30. The fourth-order valence-electron chi connectivity index (χ4n) is 2.88. The quantitative estimate of drug-likeness (QED) is 0.381.